The van der Waals surface area contributed by atoms with Crippen molar-refractivity contribution in [3.63, 3.8) is 0 Å². The summed E-state index contributed by atoms with van der Waals surface area (Å²) in [5, 5.41) is 6.14. The average molecular weight is 298 g/mol. The first-order valence-corrected chi connectivity index (χ1v) is 7.41. The van der Waals surface area contributed by atoms with Gasteiger partial charge in [-0.15, -0.1) is 0 Å². The molecule has 2 rings (SSSR count). The molecule has 5 heteroatoms. The fourth-order valence-electron chi connectivity index (χ4n) is 1.99. The molecule has 22 heavy (non-hydrogen) atoms. The molecule has 0 aliphatic carbocycles. The zero-order valence-electron chi connectivity index (χ0n) is 12.8. The number of rotatable bonds is 7. The summed E-state index contributed by atoms with van der Waals surface area (Å²) in [4.78, 5) is 16.1. The lowest BCUT2D eigenvalue weighted by atomic mass is 10.1. The number of nitrogens with two attached hydrogens (primary N) is 1. The summed E-state index contributed by atoms with van der Waals surface area (Å²) >= 11 is 0. The number of amides is 1. The van der Waals surface area contributed by atoms with Gasteiger partial charge in [0, 0.05) is 25.0 Å². The molecule has 0 bridgehead atoms. The highest BCUT2D eigenvalue weighted by Gasteiger charge is 2.02. The number of hydrogen-bond donors (Lipinski definition) is 3. The van der Waals surface area contributed by atoms with Crippen molar-refractivity contribution < 1.29 is 4.79 Å². The van der Waals surface area contributed by atoms with Crippen LogP contribution in [0.4, 0.5) is 11.5 Å². The molecule has 0 spiro atoms. The van der Waals surface area contributed by atoms with E-state index in [1.807, 2.05) is 37.4 Å². The van der Waals surface area contributed by atoms with Crippen LogP contribution in [0.2, 0.25) is 0 Å². The van der Waals surface area contributed by atoms with E-state index in [-0.39, 0.29) is 5.91 Å². The summed E-state index contributed by atoms with van der Waals surface area (Å²) in [5.41, 5.74) is 8.43. The first kappa shape index (κ1) is 15.8. The van der Waals surface area contributed by atoms with Gasteiger partial charge in [0.1, 0.15) is 5.82 Å². The molecule has 0 atom stereocenters. The smallest absolute Gasteiger partial charge is 0.224 e. The van der Waals surface area contributed by atoms with Crippen LogP contribution >= 0.6 is 0 Å². The van der Waals surface area contributed by atoms with Gasteiger partial charge in [-0.3, -0.25) is 4.79 Å². The SMILES string of the molecule is Cc1ccc(NCCCNC(=O)Cc2ccc(N)cc2)nc1. The van der Waals surface area contributed by atoms with Crippen molar-refractivity contribution in [2.24, 2.45) is 0 Å². The Labute approximate surface area is 130 Å². The third-order valence-electron chi connectivity index (χ3n) is 3.24. The summed E-state index contributed by atoms with van der Waals surface area (Å²) in [5.74, 6) is 0.886. The molecule has 4 N–H and O–H groups in total. The van der Waals surface area contributed by atoms with Gasteiger partial charge in [-0.2, -0.15) is 0 Å². The number of hydrogen-bond acceptors (Lipinski definition) is 4. The zero-order valence-corrected chi connectivity index (χ0v) is 12.8. The lowest BCUT2D eigenvalue weighted by Crippen LogP contribution is -2.27. The third-order valence-corrected chi connectivity index (χ3v) is 3.24. The number of nitrogens with one attached hydrogen (secondary N) is 2. The van der Waals surface area contributed by atoms with Crippen molar-refractivity contribution in [1.29, 1.82) is 0 Å². The minimum atomic E-state index is 0.0261. The maximum Gasteiger partial charge on any atom is 0.224 e. The predicted octanol–water partition coefficient (Wildman–Crippen LogP) is 2.13. The molecule has 1 amide bonds. The van der Waals surface area contributed by atoms with E-state index >= 15 is 0 Å². The predicted molar refractivity (Wildman–Crippen MR) is 89.6 cm³/mol. The van der Waals surface area contributed by atoms with Crippen LogP contribution in [0, 0.1) is 6.92 Å². The summed E-state index contributed by atoms with van der Waals surface area (Å²) in [6, 6.07) is 11.3. The Balaban J connectivity index is 1.61. The fraction of sp³-hybridized carbons (Fsp3) is 0.294. The molecule has 5 nitrogen and oxygen atoms in total. The number of carbonyl (C=O) groups excluding carboxylic acids is 1. The topological polar surface area (TPSA) is 80.0 Å². The maximum absolute atomic E-state index is 11.8. The molecule has 0 aliphatic rings. The monoisotopic (exact) mass is 298 g/mol. The number of nitrogen functional groups attached to an aromatic ring is 1. The second-order valence-corrected chi connectivity index (χ2v) is 5.27. The van der Waals surface area contributed by atoms with Crippen LogP contribution < -0.4 is 16.4 Å². The number of carbonyl (C=O) groups is 1. The Morgan fingerprint density at radius 1 is 1.14 bits per heavy atom. The molecule has 2 aromatic rings. The van der Waals surface area contributed by atoms with E-state index in [1.165, 1.54) is 0 Å². The van der Waals surface area contributed by atoms with Crippen molar-refractivity contribution >= 4 is 17.4 Å². The van der Waals surface area contributed by atoms with Crippen LogP contribution in [0.3, 0.4) is 0 Å². The zero-order chi connectivity index (χ0) is 15.8. The maximum atomic E-state index is 11.8. The Hall–Kier alpha value is -2.56. The first-order chi connectivity index (χ1) is 10.6. The summed E-state index contributed by atoms with van der Waals surface area (Å²) in [7, 11) is 0. The third kappa shape index (κ3) is 5.44. The summed E-state index contributed by atoms with van der Waals surface area (Å²) < 4.78 is 0. The van der Waals surface area contributed by atoms with E-state index in [9.17, 15) is 4.79 Å². The first-order valence-electron chi connectivity index (χ1n) is 7.41. The molecule has 0 unspecified atom stereocenters. The highest BCUT2D eigenvalue weighted by molar-refractivity contribution is 5.78. The average Bonchev–Trinajstić information content (AvgIpc) is 2.51. The van der Waals surface area contributed by atoms with E-state index in [2.05, 4.69) is 15.6 Å². The van der Waals surface area contributed by atoms with Gasteiger partial charge < -0.3 is 16.4 Å². The highest BCUT2D eigenvalue weighted by Crippen LogP contribution is 2.06. The Morgan fingerprint density at radius 2 is 1.91 bits per heavy atom. The molecule has 0 aliphatic heterocycles. The van der Waals surface area contributed by atoms with Crippen LogP contribution in [-0.2, 0) is 11.2 Å². The fourth-order valence-corrected chi connectivity index (χ4v) is 1.99. The highest BCUT2D eigenvalue weighted by atomic mass is 16.1. The molecule has 0 radical (unpaired) electrons. The van der Waals surface area contributed by atoms with Gasteiger partial charge in [-0.25, -0.2) is 4.98 Å². The normalized spacial score (nSPS) is 10.2. The molecule has 1 aromatic heterocycles. The van der Waals surface area contributed by atoms with E-state index in [4.69, 9.17) is 5.73 Å². The molecule has 0 saturated heterocycles. The van der Waals surface area contributed by atoms with Crippen molar-refractivity contribution in [1.82, 2.24) is 10.3 Å². The van der Waals surface area contributed by atoms with E-state index in [0.29, 0.717) is 18.7 Å². The summed E-state index contributed by atoms with van der Waals surface area (Å²) in [6.45, 7) is 3.43. The van der Waals surface area contributed by atoms with Crippen LogP contribution in [0.15, 0.2) is 42.6 Å². The number of benzene rings is 1. The standard InChI is InChI=1S/C17H22N4O/c1-13-3-8-16(21-12-13)19-9-2-10-20-17(22)11-14-4-6-15(18)7-5-14/h3-8,12H,2,9-11,18H2,1H3,(H,19,21)(H,20,22). The van der Waals surface area contributed by atoms with Gasteiger partial charge in [0.25, 0.3) is 0 Å². The Kier molecular flexibility index (Phi) is 5.77. The number of pyridine rings is 1. The molecule has 0 saturated carbocycles. The van der Waals surface area contributed by atoms with Gasteiger partial charge in [0.15, 0.2) is 0 Å². The van der Waals surface area contributed by atoms with E-state index < -0.39 is 0 Å². The minimum absolute atomic E-state index is 0.0261. The van der Waals surface area contributed by atoms with Crippen LogP contribution in [0.1, 0.15) is 17.5 Å². The van der Waals surface area contributed by atoms with Crippen molar-refractivity contribution in [2.45, 2.75) is 19.8 Å². The van der Waals surface area contributed by atoms with Gasteiger partial charge in [-0.1, -0.05) is 18.2 Å². The van der Waals surface area contributed by atoms with Gasteiger partial charge >= 0.3 is 0 Å². The van der Waals surface area contributed by atoms with Gasteiger partial charge in [-0.05, 0) is 42.7 Å². The lowest BCUT2D eigenvalue weighted by Gasteiger charge is -2.07. The Bertz CT molecular complexity index is 593. The molecular weight excluding hydrogens is 276 g/mol. The van der Waals surface area contributed by atoms with Crippen molar-refractivity contribution in [3.05, 3.63) is 53.7 Å². The lowest BCUT2D eigenvalue weighted by molar-refractivity contribution is -0.120. The second-order valence-electron chi connectivity index (χ2n) is 5.27. The van der Waals surface area contributed by atoms with Gasteiger partial charge in [0.2, 0.25) is 5.91 Å². The number of nitrogens with zero attached hydrogens (tertiary/aromatic N) is 1. The molecule has 1 heterocycles. The van der Waals surface area contributed by atoms with Crippen LogP contribution in [0.25, 0.3) is 0 Å². The largest absolute Gasteiger partial charge is 0.399 e. The molecule has 0 fully saturated rings. The number of aromatic nitrogens is 1. The molecular formula is C17H22N4O. The minimum Gasteiger partial charge on any atom is -0.399 e. The van der Waals surface area contributed by atoms with Crippen LogP contribution in [0.5, 0.6) is 0 Å². The molecule has 116 valence electrons. The molecule has 1 aromatic carbocycles. The Morgan fingerprint density at radius 3 is 2.59 bits per heavy atom. The second kappa shape index (κ2) is 8.02. The van der Waals surface area contributed by atoms with Crippen molar-refractivity contribution in [3.8, 4) is 0 Å². The number of aryl methyl sites for hydroxylation is 1. The van der Waals surface area contributed by atoms with Crippen LogP contribution in [-0.4, -0.2) is 24.0 Å². The van der Waals surface area contributed by atoms with Gasteiger partial charge in [0.05, 0.1) is 6.42 Å². The van der Waals surface area contributed by atoms with Crippen molar-refractivity contribution in [2.75, 3.05) is 24.1 Å². The van der Waals surface area contributed by atoms with E-state index in [1.54, 1.807) is 12.1 Å². The quantitative estimate of drug-likeness (QED) is 0.540. The van der Waals surface area contributed by atoms with E-state index in [0.717, 1.165) is 29.9 Å². The number of anilines is 2. The summed E-state index contributed by atoms with van der Waals surface area (Å²) in [6.07, 6.45) is 3.06.